The maximum atomic E-state index is 12.5. The van der Waals surface area contributed by atoms with E-state index in [1.54, 1.807) is 4.90 Å². The highest BCUT2D eigenvalue weighted by Crippen LogP contribution is 2.50. The fraction of sp³-hybridized carbons (Fsp3) is 0.286. The fourth-order valence-electron chi connectivity index (χ4n) is 4.42. The van der Waals surface area contributed by atoms with Crippen LogP contribution >= 0.6 is 0 Å². The van der Waals surface area contributed by atoms with Crippen molar-refractivity contribution in [3.05, 3.63) is 102 Å². The molecule has 3 aromatic carbocycles. The Morgan fingerprint density at radius 1 is 0.939 bits per heavy atom. The zero-order chi connectivity index (χ0) is 23.1. The van der Waals surface area contributed by atoms with Crippen LogP contribution < -0.4 is 0 Å². The van der Waals surface area contributed by atoms with Gasteiger partial charge < -0.3 is 9.47 Å². The molecule has 2 saturated heterocycles. The summed E-state index contributed by atoms with van der Waals surface area (Å²) in [5.41, 5.74) is 4.08. The van der Waals surface area contributed by atoms with Crippen molar-refractivity contribution < 1.29 is 14.3 Å². The van der Waals surface area contributed by atoms with Gasteiger partial charge in [0.2, 0.25) is 0 Å². The van der Waals surface area contributed by atoms with Gasteiger partial charge >= 0.3 is 6.09 Å². The van der Waals surface area contributed by atoms with Crippen LogP contribution in [0, 0.1) is 0 Å². The van der Waals surface area contributed by atoms with Crippen LogP contribution in [0.4, 0.5) is 10.5 Å². The van der Waals surface area contributed by atoms with Crippen LogP contribution in [0.2, 0.25) is 0 Å². The Balaban J connectivity index is 1.38. The lowest BCUT2D eigenvalue weighted by Gasteiger charge is -2.63. The second-order valence-corrected chi connectivity index (χ2v) is 9.56. The van der Waals surface area contributed by atoms with Gasteiger partial charge in [-0.25, -0.2) is 9.79 Å². The van der Waals surface area contributed by atoms with Gasteiger partial charge in [0.15, 0.2) is 0 Å². The number of morpholine rings is 1. The summed E-state index contributed by atoms with van der Waals surface area (Å²) in [6, 6.07) is 28.6. The standard InChI is InChI=1S/C28H28N2O3/c1-27(2,3)33-26(31)30-19-28(24(30)18-32-28)22-14-16-23(17-15-22)29-25(20-10-6-4-7-11-20)21-12-8-5-9-13-21/h4-17,24H,18-19H2,1-3H3/t24-,28?/m1/s1. The lowest BCUT2D eigenvalue weighted by atomic mass is 9.74. The van der Waals surface area contributed by atoms with E-state index in [9.17, 15) is 4.79 Å². The molecular weight excluding hydrogens is 412 g/mol. The molecule has 1 unspecified atom stereocenters. The molecule has 33 heavy (non-hydrogen) atoms. The van der Waals surface area contributed by atoms with Gasteiger partial charge in [-0.05, 0) is 38.5 Å². The Morgan fingerprint density at radius 3 is 1.97 bits per heavy atom. The molecule has 168 valence electrons. The molecule has 2 heterocycles. The van der Waals surface area contributed by atoms with Gasteiger partial charge in [0.05, 0.1) is 30.6 Å². The summed E-state index contributed by atoms with van der Waals surface area (Å²) in [5, 5.41) is 0. The van der Waals surface area contributed by atoms with E-state index < -0.39 is 11.2 Å². The largest absolute Gasteiger partial charge is 0.444 e. The van der Waals surface area contributed by atoms with Crippen LogP contribution in [-0.4, -0.2) is 41.5 Å². The number of hydrogen-bond acceptors (Lipinski definition) is 4. The molecule has 5 heteroatoms. The second kappa shape index (κ2) is 8.16. The number of nitrogens with zero attached hydrogens (tertiary/aromatic N) is 2. The monoisotopic (exact) mass is 440 g/mol. The third-order valence-corrected chi connectivity index (χ3v) is 6.14. The Labute approximate surface area is 194 Å². The number of aliphatic imine (C=N–C) groups is 1. The van der Waals surface area contributed by atoms with E-state index in [0.29, 0.717) is 13.2 Å². The number of carbonyl (C=O) groups excluding carboxylic acids is 1. The van der Waals surface area contributed by atoms with Crippen molar-refractivity contribution in [3.8, 4) is 0 Å². The quantitative estimate of drug-likeness (QED) is 0.489. The molecule has 3 aromatic rings. The summed E-state index contributed by atoms with van der Waals surface area (Å²) < 4.78 is 11.5. The van der Waals surface area contributed by atoms with E-state index in [1.165, 1.54) is 0 Å². The summed E-state index contributed by atoms with van der Waals surface area (Å²) in [5.74, 6) is 0. The zero-order valence-corrected chi connectivity index (χ0v) is 19.2. The van der Waals surface area contributed by atoms with Gasteiger partial charge in [-0.3, -0.25) is 4.90 Å². The Hall–Kier alpha value is -3.44. The van der Waals surface area contributed by atoms with Crippen LogP contribution in [0.15, 0.2) is 89.9 Å². The Bertz CT molecular complexity index is 1130. The number of carbonyl (C=O) groups is 1. The predicted octanol–water partition coefficient (Wildman–Crippen LogP) is 5.70. The number of benzene rings is 3. The second-order valence-electron chi connectivity index (χ2n) is 9.56. The summed E-state index contributed by atoms with van der Waals surface area (Å²) in [6.07, 6.45) is -0.275. The molecule has 0 saturated carbocycles. The van der Waals surface area contributed by atoms with Gasteiger partial charge in [-0.15, -0.1) is 0 Å². The molecular formula is C28H28N2O3. The molecule has 0 aromatic heterocycles. The van der Waals surface area contributed by atoms with E-state index in [1.807, 2.05) is 69.3 Å². The minimum atomic E-state index is -0.505. The summed E-state index contributed by atoms with van der Waals surface area (Å²) in [4.78, 5) is 19.2. The minimum Gasteiger partial charge on any atom is -0.444 e. The first-order chi connectivity index (χ1) is 15.9. The molecule has 0 N–H and O–H groups in total. The predicted molar refractivity (Wildman–Crippen MR) is 129 cm³/mol. The van der Waals surface area contributed by atoms with Crippen LogP contribution in [0.5, 0.6) is 0 Å². The molecule has 0 bridgehead atoms. The van der Waals surface area contributed by atoms with Crippen molar-refractivity contribution in [2.24, 2.45) is 4.99 Å². The Kier molecular flexibility index (Phi) is 5.29. The average molecular weight is 441 g/mol. The van der Waals surface area contributed by atoms with Crippen LogP contribution in [-0.2, 0) is 15.1 Å². The first kappa shape index (κ1) is 21.4. The van der Waals surface area contributed by atoms with Gasteiger partial charge in [-0.2, -0.15) is 0 Å². The molecule has 5 rings (SSSR count). The Morgan fingerprint density at radius 2 is 1.52 bits per heavy atom. The normalized spacial score (nSPS) is 21.3. The third kappa shape index (κ3) is 4.05. The molecule has 0 aliphatic carbocycles. The number of amides is 1. The van der Waals surface area contributed by atoms with Crippen LogP contribution in [0.1, 0.15) is 37.5 Å². The van der Waals surface area contributed by atoms with Gasteiger partial charge in [0, 0.05) is 11.1 Å². The summed E-state index contributed by atoms with van der Waals surface area (Å²) >= 11 is 0. The molecule has 0 spiro atoms. The van der Waals surface area contributed by atoms with Crippen molar-refractivity contribution in [1.82, 2.24) is 4.90 Å². The number of hydrogen-bond donors (Lipinski definition) is 0. The highest BCUT2D eigenvalue weighted by Gasteiger charge is 2.64. The maximum absolute atomic E-state index is 12.5. The van der Waals surface area contributed by atoms with E-state index in [2.05, 4.69) is 36.4 Å². The van der Waals surface area contributed by atoms with Crippen molar-refractivity contribution in [1.29, 1.82) is 0 Å². The van der Waals surface area contributed by atoms with Crippen LogP contribution in [0.25, 0.3) is 0 Å². The van der Waals surface area contributed by atoms with Gasteiger partial charge in [-0.1, -0.05) is 72.8 Å². The fourth-order valence-corrected chi connectivity index (χ4v) is 4.42. The molecule has 2 atom stereocenters. The van der Waals surface area contributed by atoms with E-state index in [-0.39, 0.29) is 12.1 Å². The maximum Gasteiger partial charge on any atom is 0.410 e. The molecule has 2 aliphatic rings. The highest BCUT2D eigenvalue weighted by molar-refractivity contribution is 6.13. The molecule has 5 nitrogen and oxygen atoms in total. The third-order valence-electron chi connectivity index (χ3n) is 6.14. The summed E-state index contributed by atoms with van der Waals surface area (Å²) in [7, 11) is 0. The van der Waals surface area contributed by atoms with Crippen molar-refractivity contribution >= 4 is 17.5 Å². The van der Waals surface area contributed by atoms with Crippen molar-refractivity contribution in [2.45, 2.75) is 38.0 Å². The zero-order valence-electron chi connectivity index (χ0n) is 19.2. The van der Waals surface area contributed by atoms with Gasteiger partial charge in [0.25, 0.3) is 0 Å². The van der Waals surface area contributed by atoms with E-state index in [0.717, 1.165) is 28.1 Å². The molecule has 2 aliphatic heterocycles. The SMILES string of the molecule is CC(C)(C)OC(=O)N1CC2(c3ccc(N=C(c4ccccc4)c4ccccc4)cc3)OC[C@@H]12. The lowest BCUT2D eigenvalue weighted by molar-refractivity contribution is -0.289. The van der Waals surface area contributed by atoms with E-state index >= 15 is 0 Å². The highest BCUT2D eigenvalue weighted by atomic mass is 16.6. The van der Waals surface area contributed by atoms with Crippen molar-refractivity contribution in [2.75, 3.05) is 13.2 Å². The number of ether oxygens (including phenoxy) is 2. The van der Waals surface area contributed by atoms with E-state index in [4.69, 9.17) is 14.5 Å². The molecule has 0 radical (unpaired) electrons. The van der Waals surface area contributed by atoms with Gasteiger partial charge in [0.1, 0.15) is 11.2 Å². The topological polar surface area (TPSA) is 51.1 Å². The first-order valence-corrected chi connectivity index (χ1v) is 11.3. The smallest absolute Gasteiger partial charge is 0.410 e. The average Bonchev–Trinajstić information content (AvgIpc) is 2.80. The summed E-state index contributed by atoms with van der Waals surface area (Å²) in [6.45, 7) is 6.69. The number of fused-ring (bicyclic) bond motifs is 1. The lowest BCUT2D eigenvalue weighted by Crippen LogP contribution is -2.78. The van der Waals surface area contributed by atoms with Crippen LogP contribution in [0.3, 0.4) is 0 Å². The first-order valence-electron chi connectivity index (χ1n) is 11.3. The number of rotatable bonds is 4. The minimum absolute atomic E-state index is 0.0194. The molecule has 2 fully saturated rings. The number of likely N-dealkylation sites (tertiary alicyclic amines) is 1. The molecule has 1 amide bonds. The van der Waals surface area contributed by atoms with Crippen molar-refractivity contribution in [3.63, 3.8) is 0 Å².